The summed E-state index contributed by atoms with van der Waals surface area (Å²) in [7, 11) is 1.35. The first-order chi connectivity index (χ1) is 6.63. The van der Waals surface area contributed by atoms with Crippen LogP contribution in [0.15, 0.2) is 18.2 Å². The van der Waals surface area contributed by atoms with E-state index in [9.17, 15) is 4.79 Å². The van der Waals surface area contributed by atoms with E-state index in [2.05, 4.69) is 32.6 Å². The normalized spacial score (nSPS) is 9.64. The predicted octanol–water partition coefficient (Wildman–Crippen LogP) is 2.53. The molecule has 1 aromatic rings. The molecular weight excluding hydrogens is 316 g/mol. The summed E-state index contributed by atoms with van der Waals surface area (Å²) in [5, 5.41) is 3.48. The summed E-state index contributed by atoms with van der Waals surface area (Å²) in [6.07, 6.45) is 0. The number of hydrogen-bond acceptors (Lipinski definition) is 3. The second kappa shape index (κ2) is 5.41. The number of benzene rings is 1. The van der Waals surface area contributed by atoms with Crippen molar-refractivity contribution in [2.45, 2.75) is 0 Å². The van der Waals surface area contributed by atoms with Crippen LogP contribution in [0, 0.1) is 3.57 Å². The van der Waals surface area contributed by atoms with E-state index in [4.69, 9.17) is 11.6 Å². The van der Waals surface area contributed by atoms with E-state index in [1.165, 1.54) is 7.11 Å². The van der Waals surface area contributed by atoms with Gasteiger partial charge in [-0.1, -0.05) is 11.6 Å². The molecule has 0 aliphatic heterocycles. The number of ether oxygens (including phenoxy) is 1. The Bertz CT molecular complexity index is 344. The van der Waals surface area contributed by atoms with Crippen molar-refractivity contribution in [2.75, 3.05) is 19.0 Å². The fourth-order valence-corrected chi connectivity index (χ4v) is 1.80. The average Bonchev–Trinajstić information content (AvgIpc) is 2.16. The summed E-state index contributed by atoms with van der Waals surface area (Å²) < 4.78 is 5.54. The van der Waals surface area contributed by atoms with E-state index in [1.54, 1.807) is 0 Å². The second-order valence-electron chi connectivity index (χ2n) is 2.55. The summed E-state index contributed by atoms with van der Waals surface area (Å²) in [4.78, 5) is 10.8. The van der Waals surface area contributed by atoms with Crippen LogP contribution in [-0.2, 0) is 9.53 Å². The average molecular weight is 326 g/mol. The Balaban J connectivity index is 2.63. The molecule has 1 aromatic carbocycles. The van der Waals surface area contributed by atoms with Gasteiger partial charge in [-0.3, -0.25) is 4.79 Å². The van der Waals surface area contributed by atoms with Crippen molar-refractivity contribution in [3.8, 4) is 0 Å². The summed E-state index contributed by atoms with van der Waals surface area (Å²) in [5.41, 5.74) is 0.734. The molecule has 1 N–H and O–H groups in total. The lowest BCUT2D eigenvalue weighted by atomic mass is 10.3. The van der Waals surface area contributed by atoms with Crippen molar-refractivity contribution in [3.63, 3.8) is 0 Å². The van der Waals surface area contributed by atoms with Gasteiger partial charge in [0, 0.05) is 3.57 Å². The Hall–Kier alpha value is -0.490. The first-order valence-electron chi connectivity index (χ1n) is 3.89. The highest BCUT2D eigenvalue weighted by Crippen LogP contribution is 2.23. The third kappa shape index (κ3) is 3.34. The van der Waals surface area contributed by atoms with Crippen LogP contribution in [0.1, 0.15) is 0 Å². The zero-order valence-electron chi connectivity index (χ0n) is 7.51. The minimum absolute atomic E-state index is 0.122. The summed E-state index contributed by atoms with van der Waals surface area (Å²) >= 11 is 8.10. The maximum Gasteiger partial charge on any atom is 0.325 e. The number of rotatable bonds is 3. The maximum atomic E-state index is 10.8. The van der Waals surface area contributed by atoms with E-state index in [0.29, 0.717) is 5.02 Å². The van der Waals surface area contributed by atoms with E-state index in [0.717, 1.165) is 9.26 Å². The Morgan fingerprint density at radius 1 is 1.64 bits per heavy atom. The van der Waals surface area contributed by atoms with Crippen molar-refractivity contribution in [3.05, 3.63) is 26.8 Å². The lowest BCUT2D eigenvalue weighted by molar-refractivity contribution is -0.138. The maximum absolute atomic E-state index is 10.8. The van der Waals surface area contributed by atoms with Crippen LogP contribution in [-0.4, -0.2) is 19.6 Å². The lowest BCUT2D eigenvalue weighted by Gasteiger charge is -2.06. The molecule has 0 amide bonds. The van der Waals surface area contributed by atoms with Crippen LogP contribution >= 0.6 is 34.2 Å². The van der Waals surface area contributed by atoms with Crippen LogP contribution in [0.2, 0.25) is 5.02 Å². The van der Waals surface area contributed by atoms with Gasteiger partial charge in [0.1, 0.15) is 6.54 Å². The molecule has 0 aromatic heterocycles. The Morgan fingerprint density at radius 3 is 2.93 bits per heavy atom. The number of nitrogens with one attached hydrogen (secondary N) is 1. The van der Waals surface area contributed by atoms with Gasteiger partial charge in [0.05, 0.1) is 17.8 Å². The Labute approximate surface area is 101 Å². The Morgan fingerprint density at radius 2 is 2.36 bits per heavy atom. The van der Waals surface area contributed by atoms with Gasteiger partial charge in [-0.25, -0.2) is 0 Å². The summed E-state index contributed by atoms with van der Waals surface area (Å²) in [6, 6.07) is 5.56. The largest absolute Gasteiger partial charge is 0.468 e. The molecule has 0 aliphatic rings. The molecule has 5 heteroatoms. The van der Waals surface area contributed by atoms with Gasteiger partial charge in [0.15, 0.2) is 0 Å². The van der Waals surface area contributed by atoms with Gasteiger partial charge in [-0.15, -0.1) is 0 Å². The number of esters is 1. The van der Waals surface area contributed by atoms with Crippen molar-refractivity contribution in [2.24, 2.45) is 0 Å². The molecule has 0 fully saturated rings. The highest BCUT2D eigenvalue weighted by molar-refractivity contribution is 14.1. The van der Waals surface area contributed by atoms with Gasteiger partial charge in [-0.2, -0.15) is 0 Å². The third-order valence-electron chi connectivity index (χ3n) is 1.58. The number of methoxy groups -OCH3 is 1. The molecule has 3 nitrogen and oxygen atoms in total. The molecule has 0 aliphatic carbocycles. The zero-order valence-corrected chi connectivity index (χ0v) is 10.4. The SMILES string of the molecule is COC(=O)CNc1ccc(I)cc1Cl. The molecule has 76 valence electrons. The highest BCUT2D eigenvalue weighted by atomic mass is 127. The molecule has 0 radical (unpaired) electrons. The number of hydrogen-bond donors (Lipinski definition) is 1. The first kappa shape index (κ1) is 11.6. The van der Waals surface area contributed by atoms with E-state index < -0.39 is 0 Å². The molecule has 0 saturated heterocycles. The number of halogens is 2. The van der Waals surface area contributed by atoms with Gasteiger partial charge in [0.25, 0.3) is 0 Å². The molecule has 1 rings (SSSR count). The van der Waals surface area contributed by atoms with Crippen molar-refractivity contribution < 1.29 is 9.53 Å². The standard InChI is InChI=1S/C9H9ClINO2/c1-14-9(13)5-12-8-3-2-6(11)4-7(8)10/h2-4,12H,5H2,1H3. The van der Waals surface area contributed by atoms with Gasteiger partial charge < -0.3 is 10.1 Å². The highest BCUT2D eigenvalue weighted by Gasteiger charge is 2.03. The predicted molar refractivity (Wildman–Crippen MR) is 64.7 cm³/mol. The quantitative estimate of drug-likeness (QED) is 0.685. The van der Waals surface area contributed by atoms with E-state index >= 15 is 0 Å². The van der Waals surface area contributed by atoms with Crippen molar-refractivity contribution >= 4 is 45.8 Å². The number of carbonyl (C=O) groups excluding carboxylic acids is 1. The Kier molecular flexibility index (Phi) is 4.47. The summed E-state index contributed by atoms with van der Waals surface area (Å²) in [6.45, 7) is 0.122. The molecule has 14 heavy (non-hydrogen) atoms. The van der Waals surface area contributed by atoms with Gasteiger partial charge in [-0.05, 0) is 40.8 Å². The second-order valence-corrected chi connectivity index (χ2v) is 4.21. The zero-order chi connectivity index (χ0) is 10.6. The van der Waals surface area contributed by atoms with Crippen LogP contribution < -0.4 is 5.32 Å². The van der Waals surface area contributed by atoms with Crippen LogP contribution in [0.4, 0.5) is 5.69 Å². The lowest BCUT2D eigenvalue weighted by Crippen LogP contribution is -2.15. The van der Waals surface area contributed by atoms with Crippen LogP contribution in [0.3, 0.4) is 0 Å². The monoisotopic (exact) mass is 325 g/mol. The van der Waals surface area contributed by atoms with E-state index in [1.807, 2.05) is 18.2 Å². The minimum Gasteiger partial charge on any atom is -0.468 e. The van der Waals surface area contributed by atoms with Gasteiger partial charge >= 0.3 is 5.97 Å². The number of anilines is 1. The topological polar surface area (TPSA) is 38.3 Å². The smallest absolute Gasteiger partial charge is 0.325 e. The number of carbonyl (C=O) groups is 1. The van der Waals surface area contributed by atoms with Crippen molar-refractivity contribution in [1.82, 2.24) is 0 Å². The minimum atomic E-state index is -0.320. The summed E-state index contributed by atoms with van der Waals surface area (Å²) in [5.74, 6) is -0.320. The fourth-order valence-electron chi connectivity index (χ4n) is 0.872. The fraction of sp³-hybridized carbons (Fsp3) is 0.222. The molecule has 0 heterocycles. The van der Waals surface area contributed by atoms with Crippen LogP contribution in [0.5, 0.6) is 0 Å². The molecule has 0 unspecified atom stereocenters. The van der Waals surface area contributed by atoms with Crippen LogP contribution in [0.25, 0.3) is 0 Å². The van der Waals surface area contributed by atoms with E-state index in [-0.39, 0.29) is 12.5 Å². The molecule has 0 saturated carbocycles. The molecule has 0 bridgehead atoms. The third-order valence-corrected chi connectivity index (χ3v) is 2.57. The van der Waals surface area contributed by atoms with Gasteiger partial charge in [0.2, 0.25) is 0 Å². The van der Waals surface area contributed by atoms with Crippen molar-refractivity contribution in [1.29, 1.82) is 0 Å². The molecule has 0 atom stereocenters. The molecule has 0 spiro atoms. The molecular formula is C9H9ClINO2. The first-order valence-corrected chi connectivity index (χ1v) is 5.35.